The summed E-state index contributed by atoms with van der Waals surface area (Å²) in [6.45, 7) is 4.13. The molecular weight excluding hydrogens is 305 g/mol. The molecule has 24 heavy (non-hydrogen) atoms. The highest BCUT2D eigenvalue weighted by atomic mass is 19.1. The van der Waals surface area contributed by atoms with Crippen molar-refractivity contribution in [1.82, 2.24) is 4.90 Å². The summed E-state index contributed by atoms with van der Waals surface area (Å²) in [5, 5.41) is 0. The van der Waals surface area contributed by atoms with Crippen molar-refractivity contribution in [1.29, 1.82) is 0 Å². The minimum absolute atomic E-state index is 0.0511. The Balaban J connectivity index is 1.77. The van der Waals surface area contributed by atoms with Gasteiger partial charge in [0.2, 0.25) is 0 Å². The number of nitrogens with zero attached hydrogens (tertiary/aromatic N) is 1. The Bertz CT molecular complexity index is 693. The van der Waals surface area contributed by atoms with Crippen molar-refractivity contribution in [2.45, 2.75) is 25.8 Å². The lowest BCUT2D eigenvalue weighted by Gasteiger charge is -2.33. The first-order chi connectivity index (χ1) is 11.7. The van der Waals surface area contributed by atoms with Gasteiger partial charge in [-0.25, -0.2) is 4.39 Å². The fraction of sp³-hybridized carbons (Fsp3) is 0.350. The third-order valence-electron chi connectivity index (χ3n) is 4.52. The third-order valence-corrected chi connectivity index (χ3v) is 4.52. The fourth-order valence-electron chi connectivity index (χ4n) is 3.20. The van der Waals surface area contributed by atoms with Crippen LogP contribution in [-0.4, -0.2) is 36.6 Å². The maximum Gasteiger partial charge on any atom is 0.254 e. The van der Waals surface area contributed by atoms with Crippen molar-refractivity contribution in [3.05, 3.63) is 59.9 Å². The number of halogens is 1. The first-order valence-corrected chi connectivity index (χ1v) is 8.43. The van der Waals surface area contributed by atoms with E-state index in [4.69, 9.17) is 4.74 Å². The van der Waals surface area contributed by atoms with Crippen molar-refractivity contribution in [3.63, 3.8) is 0 Å². The SMILES string of the molecule is CCN(C(=O)c1ccc(-c2cccc(F)c2)cc1)C1CCOCC1. The molecular formula is C20H22FNO2. The van der Waals surface area contributed by atoms with E-state index in [0.29, 0.717) is 25.3 Å². The largest absolute Gasteiger partial charge is 0.381 e. The topological polar surface area (TPSA) is 29.5 Å². The zero-order chi connectivity index (χ0) is 16.9. The van der Waals surface area contributed by atoms with Gasteiger partial charge >= 0.3 is 0 Å². The monoisotopic (exact) mass is 327 g/mol. The van der Waals surface area contributed by atoms with E-state index in [0.717, 1.165) is 24.0 Å². The predicted octanol–water partition coefficient (Wildman–Crippen LogP) is 4.13. The lowest BCUT2D eigenvalue weighted by molar-refractivity contribution is 0.0305. The van der Waals surface area contributed by atoms with Gasteiger partial charge in [-0.05, 0) is 55.2 Å². The van der Waals surface area contributed by atoms with Crippen LogP contribution in [0.2, 0.25) is 0 Å². The number of rotatable bonds is 4. The van der Waals surface area contributed by atoms with Crippen LogP contribution in [0.5, 0.6) is 0 Å². The molecule has 0 spiro atoms. The lowest BCUT2D eigenvalue weighted by Crippen LogP contribution is -2.43. The van der Waals surface area contributed by atoms with Crippen LogP contribution < -0.4 is 0 Å². The molecule has 1 amide bonds. The standard InChI is InChI=1S/C20H22FNO2/c1-2-22(19-10-12-24-13-11-19)20(23)16-8-6-15(7-9-16)17-4-3-5-18(21)14-17/h3-9,14,19H,2,10-13H2,1H3. The Morgan fingerprint density at radius 3 is 2.46 bits per heavy atom. The Labute approximate surface area is 142 Å². The van der Waals surface area contributed by atoms with Crippen molar-refractivity contribution >= 4 is 5.91 Å². The first-order valence-electron chi connectivity index (χ1n) is 8.43. The van der Waals surface area contributed by atoms with Crippen LogP contribution in [0.15, 0.2) is 48.5 Å². The molecule has 2 aromatic carbocycles. The van der Waals surface area contributed by atoms with E-state index in [-0.39, 0.29) is 17.8 Å². The minimum Gasteiger partial charge on any atom is -0.381 e. The van der Waals surface area contributed by atoms with E-state index >= 15 is 0 Å². The summed E-state index contributed by atoms with van der Waals surface area (Å²) < 4.78 is 18.7. The molecule has 0 unspecified atom stereocenters. The van der Waals surface area contributed by atoms with Crippen LogP contribution in [0.4, 0.5) is 4.39 Å². The molecule has 2 aromatic rings. The lowest BCUT2D eigenvalue weighted by atomic mass is 10.0. The fourth-order valence-corrected chi connectivity index (χ4v) is 3.20. The highest BCUT2D eigenvalue weighted by Gasteiger charge is 2.25. The number of benzene rings is 2. The highest BCUT2D eigenvalue weighted by Crippen LogP contribution is 2.22. The molecule has 4 heteroatoms. The van der Waals surface area contributed by atoms with Crippen LogP contribution >= 0.6 is 0 Å². The van der Waals surface area contributed by atoms with Crippen LogP contribution in [0, 0.1) is 5.82 Å². The Kier molecular flexibility index (Phi) is 5.26. The second-order valence-electron chi connectivity index (χ2n) is 6.02. The zero-order valence-electron chi connectivity index (χ0n) is 13.9. The van der Waals surface area contributed by atoms with Crippen LogP contribution in [-0.2, 0) is 4.74 Å². The molecule has 0 aliphatic carbocycles. The molecule has 1 aliphatic heterocycles. The Hall–Kier alpha value is -2.20. The van der Waals surface area contributed by atoms with Gasteiger partial charge in [-0.1, -0.05) is 24.3 Å². The molecule has 1 saturated heterocycles. The molecule has 0 radical (unpaired) electrons. The molecule has 0 bridgehead atoms. The summed E-state index contributed by atoms with van der Waals surface area (Å²) in [6, 6.07) is 14.1. The molecule has 1 fully saturated rings. The first kappa shape index (κ1) is 16.7. The molecule has 1 aliphatic rings. The van der Waals surface area contributed by atoms with Gasteiger partial charge in [-0.15, -0.1) is 0 Å². The number of hydrogen-bond acceptors (Lipinski definition) is 2. The quantitative estimate of drug-likeness (QED) is 0.845. The maximum atomic E-state index is 13.3. The summed E-state index contributed by atoms with van der Waals surface area (Å²) >= 11 is 0. The van der Waals surface area contributed by atoms with Gasteiger partial charge in [-0.3, -0.25) is 4.79 Å². The van der Waals surface area contributed by atoms with E-state index in [2.05, 4.69) is 0 Å². The number of carbonyl (C=O) groups is 1. The summed E-state index contributed by atoms with van der Waals surface area (Å²) in [6.07, 6.45) is 1.78. The second-order valence-corrected chi connectivity index (χ2v) is 6.02. The third kappa shape index (κ3) is 3.65. The van der Waals surface area contributed by atoms with E-state index < -0.39 is 0 Å². The average molecular weight is 327 g/mol. The minimum atomic E-state index is -0.260. The summed E-state index contributed by atoms with van der Waals surface area (Å²) in [7, 11) is 0. The molecule has 3 nitrogen and oxygen atoms in total. The summed E-state index contributed by atoms with van der Waals surface area (Å²) in [5.41, 5.74) is 2.38. The van der Waals surface area contributed by atoms with E-state index in [9.17, 15) is 9.18 Å². The maximum absolute atomic E-state index is 13.3. The Morgan fingerprint density at radius 1 is 1.12 bits per heavy atom. The number of hydrogen-bond donors (Lipinski definition) is 0. The van der Waals surface area contributed by atoms with Crippen LogP contribution in [0.1, 0.15) is 30.1 Å². The highest BCUT2D eigenvalue weighted by molar-refractivity contribution is 5.95. The van der Waals surface area contributed by atoms with Gasteiger partial charge in [0.05, 0.1) is 0 Å². The summed E-state index contributed by atoms with van der Waals surface area (Å²) in [4.78, 5) is 14.7. The van der Waals surface area contributed by atoms with Gasteiger partial charge in [-0.2, -0.15) is 0 Å². The van der Waals surface area contributed by atoms with E-state index in [1.165, 1.54) is 12.1 Å². The van der Waals surface area contributed by atoms with Crippen LogP contribution in [0.25, 0.3) is 11.1 Å². The number of amides is 1. The Morgan fingerprint density at radius 2 is 1.83 bits per heavy atom. The molecule has 3 rings (SSSR count). The van der Waals surface area contributed by atoms with Gasteiger partial charge in [0, 0.05) is 31.4 Å². The van der Waals surface area contributed by atoms with Gasteiger partial charge in [0.15, 0.2) is 0 Å². The summed E-state index contributed by atoms with van der Waals surface area (Å²) in [5.74, 6) is -0.209. The second kappa shape index (κ2) is 7.58. The number of ether oxygens (including phenoxy) is 1. The van der Waals surface area contributed by atoms with Crippen LogP contribution in [0.3, 0.4) is 0 Å². The van der Waals surface area contributed by atoms with Crippen molar-refractivity contribution in [3.8, 4) is 11.1 Å². The van der Waals surface area contributed by atoms with Crippen molar-refractivity contribution < 1.29 is 13.9 Å². The normalized spacial score (nSPS) is 15.2. The van der Waals surface area contributed by atoms with Gasteiger partial charge in [0.1, 0.15) is 5.82 Å². The molecule has 0 atom stereocenters. The van der Waals surface area contributed by atoms with Crippen molar-refractivity contribution in [2.24, 2.45) is 0 Å². The molecule has 1 heterocycles. The van der Waals surface area contributed by atoms with E-state index in [1.807, 2.05) is 42.2 Å². The van der Waals surface area contributed by atoms with E-state index in [1.54, 1.807) is 6.07 Å². The molecule has 0 N–H and O–H groups in total. The average Bonchev–Trinajstić information content (AvgIpc) is 2.63. The van der Waals surface area contributed by atoms with Crippen molar-refractivity contribution in [2.75, 3.05) is 19.8 Å². The van der Waals surface area contributed by atoms with Gasteiger partial charge in [0.25, 0.3) is 5.91 Å². The zero-order valence-corrected chi connectivity index (χ0v) is 13.9. The molecule has 0 saturated carbocycles. The molecule has 0 aromatic heterocycles. The van der Waals surface area contributed by atoms with Gasteiger partial charge < -0.3 is 9.64 Å². The smallest absolute Gasteiger partial charge is 0.254 e. The number of carbonyl (C=O) groups excluding carboxylic acids is 1. The predicted molar refractivity (Wildman–Crippen MR) is 92.4 cm³/mol. The molecule has 126 valence electrons.